The van der Waals surface area contributed by atoms with Crippen LogP contribution in [0.4, 0.5) is 0 Å². The zero-order valence-corrected chi connectivity index (χ0v) is 20.1. The van der Waals surface area contributed by atoms with Gasteiger partial charge in [0.05, 0.1) is 31.9 Å². The van der Waals surface area contributed by atoms with Gasteiger partial charge in [-0.15, -0.1) is 0 Å². The number of para-hydroxylation sites is 1. The molecule has 0 saturated carbocycles. The van der Waals surface area contributed by atoms with Crippen molar-refractivity contribution in [1.82, 2.24) is 4.90 Å². The van der Waals surface area contributed by atoms with E-state index in [2.05, 4.69) is 6.92 Å². The fourth-order valence-corrected chi connectivity index (χ4v) is 4.20. The first-order valence-electron chi connectivity index (χ1n) is 11.6. The van der Waals surface area contributed by atoms with Crippen molar-refractivity contribution in [2.75, 3.05) is 34.0 Å². The lowest BCUT2D eigenvalue weighted by Crippen LogP contribution is -2.34. The Hall–Kier alpha value is -3.78. The van der Waals surface area contributed by atoms with Crippen molar-refractivity contribution >= 4 is 22.7 Å². The van der Waals surface area contributed by atoms with E-state index < -0.39 is 23.5 Å². The minimum Gasteiger partial charge on any atom is -0.503 e. The van der Waals surface area contributed by atoms with Gasteiger partial charge in [-0.2, -0.15) is 0 Å². The van der Waals surface area contributed by atoms with Gasteiger partial charge < -0.3 is 28.6 Å². The molecule has 8 nitrogen and oxygen atoms in total. The number of hydrogen-bond donors (Lipinski definition) is 1. The summed E-state index contributed by atoms with van der Waals surface area (Å²) in [5.74, 6) is -0.689. The standard InChI is InChI=1S/C27H29NO7/c1-4-5-13-34-19-10-6-8-17(15-19)23-22(25(30)27(31)28(23)12-14-32-2)24(29)21-16-18-9-7-11-20(33-3)26(18)35-21/h6-11,15-16,23,30H,4-5,12-14H2,1-3H3. The van der Waals surface area contributed by atoms with E-state index >= 15 is 0 Å². The van der Waals surface area contributed by atoms with Gasteiger partial charge in [-0.1, -0.05) is 37.6 Å². The summed E-state index contributed by atoms with van der Waals surface area (Å²) in [6.07, 6.45) is 1.91. The molecule has 0 saturated heterocycles. The van der Waals surface area contributed by atoms with Crippen LogP contribution in [-0.4, -0.2) is 55.7 Å². The SMILES string of the molecule is CCCCOc1cccc(C2C(C(=O)c3cc4cccc(OC)c4o3)=C(O)C(=O)N2CCOC)c1. The normalized spacial score (nSPS) is 15.8. The molecule has 35 heavy (non-hydrogen) atoms. The second-order valence-electron chi connectivity index (χ2n) is 8.25. The summed E-state index contributed by atoms with van der Waals surface area (Å²) in [6, 6.07) is 13.3. The monoisotopic (exact) mass is 479 g/mol. The lowest BCUT2D eigenvalue weighted by atomic mass is 9.95. The molecular formula is C27H29NO7. The Kier molecular flexibility index (Phi) is 7.41. The van der Waals surface area contributed by atoms with Crippen molar-refractivity contribution in [3.8, 4) is 11.5 Å². The fourth-order valence-electron chi connectivity index (χ4n) is 4.20. The number of aliphatic hydroxyl groups is 1. The summed E-state index contributed by atoms with van der Waals surface area (Å²) in [6.45, 7) is 3.07. The van der Waals surface area contributed by atoms with Gasteiger partial charge in [-0.25, -0.2) is 0 Å². The number of ketones is 1. The average Bonchev–Trinajstić information content (AvgIpc) is 3.42. The molecule has 1 aliphatic rings. The van der Waals surface area contributed by atoms with Crippen molar-refractivity contribution in [3.05, 3.63) is 71.2 Å². The summed E-state index contributed by atoms with van der Waals surface area (Å²) in [5.41, 5.74) is 1.02. The third kappa shape index (κ3) is 4.74. The molecule has 0 fully saturated rings. The first-order valence-corrected chi connectivity index (χ1v) is 11.6. The highest BCUT2D eigenvalue weighted by Gasteiger charge is 2.44. The Morgan fingerprint density at radius 3 is 2.66 bits per heavy atom. The van der Waals surface area contributed by atoms with Crippen LogP contribution < -0.4 is 9.47 Å². The summed E-state index contributed by atoms with van der Waals surface area (Å²) < 4.78 is 22.2. The number of carbonyl (C=O) groups excluding carboxylic acids is 2. The Balaban J connectivity index is 1.76. The zero-order valence-electron chi connectivity index (χ0n) is 20.1. The molecule has 0 aliphatic carbocycles. The Labute approximate surface area is 203 Å². The molecule has 3 aromatic rings. The van der Waals surface area contributed by atoms with E-state index in [1.54, 1.807) is 42.5 Å². The van der Waals surface area contributed by atoms with Gasteiger partial charge in [0.15, 0.2) is 22.9 Å². The van der Waals surface area contributed by atoms with Gasteiger partial charge in [-0.3, -0.25) is 9.59 Å². The average molecular weight is 480 g/mol. The number of furan rings is 1. The van der Waals surface area contributed by atoms with Crippen molar-refractivity contribution in [1.29, 1.82) is 0 Å². The summed E-state index contributed by atoms with van der Waals surface area (Å²) >= 11 is 0. The van der Waals surface area contributed by atoms with E-state index in [1.165, 1.54) is 19.1 Å². The number of benzene rings is 2. The highest BCUT2D eigenvalue weighted by molar-refractivity contribution is 6.16. The number of unbranched alkanes of at least 4 members (excludes halogenated alkanes) is 1. The molecule has 0 spiro atoms. The fraction of sp³-hybridized carbons (Fsp3) is 0.333. The van der Waals surface area contributed by atoms with Crippen LogP contribution in [0.2, 0.25) is 0 Å². The molecule has 1 aliphatic heterocycles. The second-order valence-corrected chi connectivity index (χ2v) is 8.25. The molecule has 1 aromatic heterocycles. The zero-order chi connectivity index (χ0) is 24.9. The van der Waals surface area contributed by atoms with Crippen LogP contribution in [0.25, 0.3) is 11.0 Å². The molecule has 1 N–H and O–H groups in total. The maximum absolute atomic E-state index is 13.7. The van der Waals surface area contributed by atoms with Crippen LogP contribution in [0.1, 0.15) is 41.9 Å². The molecule has 1 unspecified atom stereocenters. The Morgan fingerprint density at radius 1 is 1.11 bits per heavy atom. The third-order valence-corrected chi connectivity index (χ3v) is 5.98. The first kappa shape index (κ1) is 24.3. The number of amides is 1. The summed E-state index contributed by atoms with van der Waals surface area (Å²) in [5, 5.41) is 11.5. The number of carbonyl (C=O) groups is 2. The maximum Gasteiger partial charge on any atom is 0.290 e. The first-order chi connectivity index (χ1) is 17.0. The predicted octanol–water partition coefficient (Wildman–Crippen LogP) is 4.85. The van der Waals surface area contributed by atoms with E-state index in [0.717, 1.165) is 12.8 Å². The van der Waals surface area contributed by atoms with Gasteiger partial charge in [0.1, 0.15) is 5.75 Å². The number of ether oxygens (including phenoxy) is 3. The van der Waals surface area contributed by atoms with Crippen molar-refractivity contribution in [3.63, 3.8) is 0 Å². The van der Waals surface area contributed by atoms with Crippen LogP contribution in [-0.2, 0) is 9.53 Å². The summed E-state index contributed by atoms with van der Waals surface area (Å²) in [4.78, 5) is 28.1. The van der Waals surface area contributed by atoms with Crippen molar-refractivity contribution < 1.29 is 33.3 Å². The largest absolute Gasteiger partial charge is 0.503 e. The third-order valence-electron chi connectivity index (χ3n) is 5.98. The van der Waals surface area contributed by atoms with Crippen molar-refractivity contribution in [2.24, 2.45) is 0 Å². The number of methoxy groups -OCH3 is 2. The van der Waals surface area contributed by atoms with Gasteiger partial charge in [0.25, 0.3) is 5.91 Å². The van der Waals surface area contributed by atoms with Gasteiger partial charge in [0.2, 0.25) is 5.78 Å². The highest BCUT2D eigenvalue weighted by atomic mass is 16.5. The Bertz CT molecular complexity index is 1260. The molecular weight excluding hydrogens is 450 g/mol. The number of hydrogen-bond acceptors (Lipinski definition) is 7. The second kappa shape index (κ2) is 10.7. The molecule has 0 radical (unpaired) electrons. The molecule has 0 bridgehead atoms. The quantitative estimate of drug-likeness (QED) is 0.310. The lowest BCUT2D eigenvalue weighted by Gasteiger charge is -2.26. The van der Waals surface area contributed by atoms with E-state index in [4.69, 9.17) is 18.6 Å². The minimum absolute atomic E-state index is 0.00721. The number of fused-ring (bicyclic) bond motifs is 1. The highest BCUT2D eigenvalue weighted by Crippen LogP contribution is 2.41. The topological polar surface area (TPSA) is 98.4 Å². The van der Waals surface area contributed by atoms with Crippen molar-refractivity contribution in [2.45, 2.75) is 25.8 Å². The number of rotatable bonds is 11. The number of nitrogens with zero attached hydrogens (tertiary/aromatic N) is 1. The predicted molar refractivity (Wildman–Crippen MR) is 130 cm³/mol. The molecule has 1 amide bonds. The van der Waals surface area contributed by atoms with Crippen LogP contribution in [0.5, 0.6) is 11.5 Å². The Morgan fingerprint density at radius 2 is 1.91 bits per heavy atom. The van der Waals surface area contributed by atoms with Gasteiger partial charge >= 0.3 is 0 Å². The number of aliphatic hydroxyl groups excluding tert-OH is 1. The lowest BCUT2D eigenvalue weighted by molar-refractivity contribution is -0.130. The van der Waals surface area contributed by atoms with E-state index in [9.17, 15) is 14.7 Å². The van der Waals surface area contributed by atoms with Crippen LogP contribution in [0.15, 0.2) is 64.3 Å². The van der Waals surface area contributed by atoms with Gasteiger partial charge in [-0.05, 0) is 36.2 Å². The van der Waals surface area contributed by atoms with E-state index in [0.29, 0.717) is 34.6 Å². The molecule has 2 aromatic carbocycles. The molecule has 8 heteroatoms. The molecule has 4 rings (SSSR count). The molecule has 2 heterocycles. The molecule has 184 valence electrons. The van der Waals surface area contributed by atoms with E-state index in [1.807, 2.05) is 6.07 Å². The minimum atomic E-state index is -0.824. The smallest absolute Gasteiger partial charge is 0.290 e. The van der Waals surface area contributed by atoms with Crippen LogP contribution in [0.3, 0.4) is 0 Å². The van der Waals surface area contributed by atoms with Crippen LogP contribution >= 0.6 is 0 Å². The maximum atomic E-state index is 13.7. The molecule has 1 atom stereocenters. The summed E-state index contributed by atoms with van der Waals surface area (Å²) in [7, 11) is 3.04. The van der Waals surface area contributed by atoms with Crippen LogP contribution in [0, 0.1) is 0 Å². The van der Waals surface area contributed by atoms with Gasteiger partial charge in [0, 0.05) is 19.0 Å². The van der Waals surface area contributed by atoms with E-state index in [-0.39, 0.29) is 24.5 Å². The number of Topliss-reactive ketones (excluding diaryl/α,β-unsaturated/α-hetero) is 1.